The summed E-state index contributed by atoms with van der Waals surface area (Å²) in [4.78, 5) is 12.8. The van der Waals surface area contributed by atoms with Gasteiger partial charge in [-0.05, 0) is 43.7 Å². The summed E-state index contributed by atoms with van der Waals surface area (Å²) in [5.41, 5.74) is 6.02. The average molecular weight is 406 g/mol. The molecular formula is C27H23N3O. The fraction of sp³-hybridized carbons (Fsp3) is 0.111. The molecule has 0 fully saturated rings. The van der Waals surface area contributed by atoms with Crippen LogP contribution in [-0.2, 0) is 11.3 Å². The van der Waals surface area contributed by atoms with E-state index in [0.717, 1.165) is 34.3 Å². The minimum Gasteiger partial charge on any atom is -0.340 e. The lowest BCUT2D eigenvalue weighted by Crippen LogP contribution is -2.13. The number of para-hydroxylation sites is 1. The molecule has 152 valence electrons. The number of nitrogens with zero attached hydrogens (tertiary/aromatic N) is 2. The zero-order valence-electron chi connectivity index (χ0n) is 17.6. The molecule has 1 heterocycles. The third-order valence-electron chi connectivity index (χ3n) is 5.43. The van der Waals surface area contributed by atoms with Gasteiger partial charge in [-0.15, -0.1) is 0 Å². The molecule has 0 bridgehead atoms. The Bertz CT molecular complexity index is 1310. The number of hydrogen-bond acceptors (Lipinski definition) is 2. The third kappa shape index (κ3) is 4.26. The van der Waals surface area contributed by atoms with Gasteiger partial charge in [0.1, 0.15) is 11.6 Å². The predicted octanol–water partition coefficient (Wildman–Crippen LogP) is 5.85. The molecule has 0 saturated heterocycles. The molecular weight excluding hydrogens is 382 g/mol. The number of fused-ring (bicyclic) bond motifs is 1. The van der Waals surface area contributed by atoms with Crippen LogP contribution in [-0.4, -0.2) is 10.5 Å². The Morgan fingerprint density at radius 3 is 2.35 bits per heavy atom. The van der Waals surface area contributed by atoms with Crippen LogP contribution in [0, 0.1) is 25.2 Å². The average Bonchev–Trinajstić information content (AvgIpc) is 3.05. The second-order valence-corrected chi connectivity index (χ2v) is 7.58. The van der Waals surface area contributed by atoms with Gasteiger partial charge in [-0.1, -0.05) is 66.2 Å². The van der Waals surface area contributed by atoms with E-state index in [2.05, 4.69) is 34.2 Å². The molecule has 0 aliphatic rings. The van der Waals surface area contributed by atoms with Gasteiger partial charge in [-0.25, -0.2) is 0 Å². The number of carbonyl (C=O) groups is 1. The van der Waals surface area contributed by atoms with Crippen LogP contribution in [0.3, 0.4) is 0 Å². The van der Waals surface area contributed by atoms with Crippen molar-refractivity contribution >= 4 is 28.6 Å². The highest BCUT2D eigenvalue weighted by Gasteiger charge is 2.16. The molecule has 4 nitrogen and oxygen atoms in total. The Morgan fingerprint density at radius 2 is 1.65 bits per heavy atom. The lowest BCUT2D eigenvalue weighted by Gasteiger charge is -2.09. The van der Waals surface area contributed by atoms with E-state index in [4.69, 9.17) is 0 Å². The third-order valence-corrected chi connectivity index (χ3v) is 5.43. The van der Waals surface area contributed by atoms with Crippen molar-refractivity contribution in [1.29, 1.82) is 5.26 Å². The molecule has 0 saturated carbocycles. The van der Waals surface area contributed by atoms with Gasteiger partial charge in [0.25, 0.3) is 5.91 Å². The minimum atomic E-state index is -0.411. The van der Waals surface area contributed by atoms with Crippen molar-refractivity contribution in [2.45, 2.75) is 20.4 Å². The summed E-state index contributed by atoms with van der Waals surface area (Å²) in [6.45, 7) is 4.74. The molecule has 0 unspecified atom stereocenters. The molecule has 4 heteroatoms. The van der Waals surface area contributed by atoms with E-state index in [0.29, 0.717) is 5.69 Å². The zero-order valence-corrected chi connectivity index (χ0v) is 17.6. The molecule has 3 aromatic carbocycles. The first-order valence-corrected chi connectivity index (χ1v) is 10.2. The number of nitrogens with one attached hydrogen (secondary N) is 1. The lowest BCUT2D eigenvalue weighted by atomic mass is 10.1. The number of benzene rings is 3. The molecule has 0 atom stereocenters. The first-order chi connectivity index (χ1) is 15.1. The van der Waals surface area contributed by atoms with Crippen molar-refractivity contribution in [3.63, 3.8) is 0 Å². The SMILES string of the molecule is Cc1ccc(NC(=O)/C(C#N)=C\c2c(C)n(Cc3ccccc3)c3ccccc23)cc1. The van der Waals surface area contributed by atoms with E-state index >= 15 is 0 Å². The van der Waals surface area contributed by atoms with E-state index in [-0.39, 0.29) is 5.57 Å². The van der Waals surface area contributed by atoms with Crippen LogP contribution in [0.2, 0.25) is 0 Å². The van der Waals surface area contributed by atoms with Gasteiger partial charge in [0.2, 0.25) is 0 Å². The quantitative estimate of drug-likeness (QED) is 0.334. The molecule has 31 heavy (non-hydrogen) atoms. The first-order valence-electron chi connectivity index (χ1n) is 10.2. The van der Waals surface area contributed by atoms with Gasteiger partial charge in [0, 0.05) is 34.4 Å². The molecule has 4 aromatic rings. The monoisotopic (exact) mass is 405 g/mol. The fourth-order valence-electron chi connectivity index (χ4n) is 3.74. The number of aromatic nitrogens is 1. The minimum absolute atomic E-state index is 0.0753. The lowest BCUT2D eigenvalue weighted by molar-refractivity contribution is -0.112. The fourth-order valence-corrected chi connectivity index (χ4v) is 3.74. The first kappa shape index (κ1) is 20.2. The smallest absolute Gasteiger partial charge is 0.266 e. The Hall–Kier alpha value is -4.10. The van der Waals surface area contributed by atoms with Crippen molar-refractivity contribution in [2.75, 3.05) is 5.32 Å². The number of hydrogen-bond donors (Lipinski definition) is 1. The molecule has 1 amide bonds. The van der Waals surface area contributed by atoms with Crippen LogP contribution in [0.15, 0.2) is 84.4 Å². The molecule has 1 N–H and O–H groups in total. The number of amides is 1. The van der Waals surface area contributed by atoms with Crippen molar-refractivity contribution in [3.05, 3.63) is 107 Å². The zero-order chi connectivity index (χ0) is 21.8. The number of anilines is 1. The highest BCUT2D eigenvalue weighted by molar-refractivity contribution is 6.11. The van der Waals surface area contributed by atoms with Gasteiger partial charge in [-0.2, -0.15) is 5.26 Å². The van der Waals surface area contributed by atoms with Crippen LogP contribution < -0.4 is 5.32 Å². The Kier molecular flexibility index (Phi) is 5.68. The highest BCUT2D eigenvalue weighted by atomic mass is 16.1. The summed E-state index contributed by atoms with van der Waals surface area (Å²) in [7, 11) is 0. The van der Waals surface area contributed by atoms with Crippen LogP contribution in [0.5, 0.6) is 0 Å². The van der Waals surface area contributed by atoms with Crippen LogP contribution in [0.1, 0.15) is 22.4 Å². The predicted molar refractivity (Wildman–Crippen MR) is 126 cm³/mol. The largest absolute Gasteiger partial charge is 0.340 e. The Balaban J connectivity index is 1.73. The summed E-state index contributed by atoms with van der Waals surface area (Å²) in [6.07, 6.45) is 1.70. The maximum Gasteiger partial charge on any atom is 0.266 e. The summed E-state index contributed by atoms with van der Waals surface area (Å²) in [5.74, 6) is -0.411. The van der Waals surface area contributed by atoms with E-state index in [1.54, 1.807) is 6.08 Å². The molecule has 1 aromatic heterocycles. The highest BCUT2D eigenvalue weighted by Crippen LogP contribution is 2.29. The standard InChI is InChI=1S/C27H23N3O/c1-19-12-14-23(15-13-19)29-27(31)22(17-28)16-25-20(2)30(18-21-8-4-3-5-9-21)26-11-7-6-10-24(25)26/h3-16H,18H2,1-2H3,(H,29,31)/b22-16-. The number of rotatable bonds is 5. The maximum atomic E-state index is 12.8. The second kappa shape index (κ2) is 8.73. The topological polar surface area (TPSA) is 57.8 Å². The number of nitriles is 1. The van der Waals surface area contributed by atoms with Crippen LogP contribution >= 0.6 is 0 Å². The summed E-state index contributed by atoms with van der Waals surface area (Å²) in [5, 5.41) is 13.5. The number of aryl methyl sites for hydroxylation is 1. The maximum absolute atomic E-state index is 12.8. The van der Waals surface area contributed by atoms with Crippen LogP contribution in [0.25, 0.3) is 17.0 Å². The summed E-state index contributed by atoms with van der Waals surface area (Å²) in [6, 6.07) is 27.9. The van der Waals surface area contributed by atoms with E-state index in [1.165, 1.54) is 5.56 Å². The van der Waals surface area contributed by atoms with Crippen molar-refractivity contribution in [3.8, 4) is 6.07 Å². The van der Waals surface area contributed by atoms with Gasteiger partial charge in [0.05, 0.1) is 0 Å². The molecule has 0 aliphatic carbocycles. The van der Waals surface area contributed by atoms with E-state index < -0.39 is 5.91 Å². The Morgan fingerprint density at radius 1 is 0.968 bits per heavy atom. The van der Waals surface area contributed by atoms with E-state index in [9.17, 15) is 10.1 Å². The van der Waals surface area contributed by atoms with Gasteiger partial charge >= 0.3 is 0 Å². The second-order valence-electron chi connectivity index (χ2n) is 7.58. The number of carbonyl (C=O) groups excluding carboxylic acids is 1. The summed E-state index contributed by atoms with van der Waals surface area (Å²) >= 11 is 0. The normalized spacial score (nSPS) is 11.3. The van der Waals surface area contributed by atoms with Gasteiger partial charge in [0.15, 0.2) is 0 Å². The van der Waals surface area contributed by atoms with Crippen molar-refractivity contribution in [2.24, 2.45) is 0 Å². The Labute approximate surface area is 182 Å². The molecule has 0 aliphatic heterocycles. The molecule has 0 radical (unpaired) electrons. The molecule has 4 rings (SSSR count). The van der Waals surface area contributed by atoms with E-state index in [1.807, 2.05) is 74.5 Å². The summed E-state index contributed by atoms with van der Waals surface area (Å²) < 4.78 is 2.23. The van der Waals surface area contributed by atoms with Gasteiger partial charge < -0.3 is 9.88 Å². The van der Waals surface area contributed by atoms with Gasteiger partial charge in [-0.3, -0.25) is 4.79 Å². The van der Waals surface area contributed by atoms with Crippen molar-refractivity contribution < 1.29 is 4.79 Å². The van der Waals surface area contributed by atoms with Crippen LogP contribution in [0.4, 0.5) is 5.69 Å². The molecule has 0 spiro atoms. The van der Waals surface area contributed by atoms with Crippen molar-refractivity contribution in [1.82, 2.24) is 4.57 Å².